The number of halogens is 2. The van der Waals surface area contributed by atoms with Gasteiger partial charge in [-0.25, -0.2) is 23.4 Å². The molecule has 2 unspecified atom stereocenters. The molecule has 0 radical (unpaired) electrons. The fraction of sp³-hybridized carbons (Fsp3) is 0.158. The molecule has 158 valence electrons. The Bertz CT molecular complexity index is 1240. The van der Waals surface area contributed by atoms with Crippen LogP contribution in [0.4, 0.5) is 21.6 Å². The summed E-state index contributed by atoms with van der Waals surface area (Å²) in [5, 5.41) is 12.8. The maximum Gasteiger partial charge on any atom is 0.344 e. The van der Waals surface area contributed by atoms with Crippen molar-refractivity contribution in [1.29, 1.82) is 0 Å². The van der Waals surface area contributed by atoms with Gasteiger partial charge >= 0.3 is 5.97 Å². The second kappa shape index (κ2) is 8.33. The number of aliphatic carboxylic acids is 1. The van der Waals surface area contributed by atoms with Gasteiger partial charge in [-0.05, 0) is 37.1 Å². The van der Waals surface area contributed by atoms with Crippen molar-refractivity contribution in [2.45, 2.75) is 13.0 Å². The van der Waals surface area contributed by atoms with Gasteiger partial charge in [0.25, 0.3) is 0 Å². The fourth-order valence-electron chi connectivity index (χ4n) is 2.61. The summed E-state index contributed by atoms with van der Waals surface area (Å²) in [5.41, 5.74) is 1.22. The summed E-state index contributed by atoms with van der Waals surface area (Å²) in [6, 6.07) is 6.85. The Hall–Kier alpha value is -3.11. The highest BCUT2D eigenvalue weighted by Gasteiger charge is 2.17. The van der Waals surface area contributed by atoms with Gasteiger partial charge in [0.2, 0.25) is 0 Å². The summed E-state index contributed by atoms with van der Waals surface area (Å²) in [5.74, 6) is 2.04. The summed E-state index contributed by atoms with van der Waals surface area (Å²) in [7, 11) is -2.52. The van der Waals surface area contributed by atoms with E-state index in [-0.39, 0.29) is 16.5 Å². The number of ether oxygens (including phenoxy) is 1. The zero-order valence-corrected chi connectivity index (χ0v) is 17.6. The van der Waals surface area contributed by atoms with Crippen molar-refractivity contribution in [2.24, 2.45) is 0 Å². The molecule has 0 aliphatic carbocycles. The van der Waals surface area contributed by atoms with Gasteiger partial charge in [-0.15, -0.1) is 0 Å². The van der Waals surface area contributed by atoms with Crippen LogP contribution in [-0.4, -0.2) is 43.5 Å². The van der Waals surface area contributed by atoms with Crippen molar-refractivity contribution in [1.82, 2.24) is 9.97 Å². The number of anilines is 3. The highest BCUT2D eigenvalue weighted by Crippen LogP contribution is 2.35. The number of carbonyl (C=O) groups is 1. The lowest BCUT2D eigenvalue weighted by Crippen LogP contribution is -2.23. The molecule has 0 fully saturated rings. The summed E-state index contributed by atoms with van der Waals surface area (Å²) >= 11 is 6.41. The maximum atomic E-state index is 13.7. The molecular formula is C19H18ClFN4O4S. The second-order valence-electron chi connectivity index (χ2n) is 6.55. The average Bonchev–Trinajstić information content (AvgIpc) is 2.62. The number of carboxylic acid groups (broad SMARTS) is 1. The molecule has 11 heteroatoms. The lowest BCUT2D eigenvalue weighted by atomic mass is 10.2. The van der Waals surface area contributed by atoms with E-state index in [9.17, 15) is 13.4 Å². The predicted molar refractivity (Wildman–Crippen MR) is 117 cm³/mol. The first-order valence-corrected chi connectivity index (χ1v) is 11.0. The molecule has 2 aromatic carbocycles. The minimum atomic E-state index is -2.52. The molecule has 0 amide bonds. The number of fused-ring (bicyclic) bond motifs is 1. The monoisotopic (exact) mass is 452 g/mol. The Kier molecular flexibility index (Phi) is 5.99. The number of aromatic nitrogens is 2. The molecule has 1 heterocycles. The maximum absolute atomic E-state index is 13.7. The third kappa shape index (κ3) is 5.08. The molecule has 0 aliphatic heterocycles. The van der Waals surface area contributed by atoms with E-state index in [0.717, 1.165) is 6.07 Å². The Morgan fingerprint density at radius 1 is 1.33 bits per heavy atom. The predicted octanol–water partition coefficient (Wildman–Crippen LogP) is 3.69. The number of nitrogens with zero attached hydrogens (tertiary/aromatic N) is 2. The molecule has 0 aliphatic rings. The molecule has 0 saturated carbocycles. The number of hydrogen-bond acceptors (Lipinski definition) is 6. The van der Waals surface area contributed by atoms with Gasteiger partial charge in [-0.2, -0.15) is 0 Å². The van der Waals surface area contributed by atoms with Crippen LogP contribution < -0.4 is 14.8 Å². The van der Waals surface area contributed by atoms with E-state index >= 15 is 0 Å². The van der Waals surface area contributed by atoms with Crippen LogP contribution in [0.1, 0.15) is 6.92 Å². The zero-order chi connectivity index (χ0) is 22.1. The van der Waals surface area contributed by atoms with Crippen LogP contribution in [0.25, 0.3) is 10.9 Å². The summed E-state index contributed by atoms with van der Waals surface area (Å²) < 4.78 is 33.7. The van der Waals surface area contributed by atoms with Crippen LogP contribution >= 0.6 is 11.6 Å². The van der Waals surface area contributed by atoms with Crippen molar-refractivity contribution < 1.29 is 23.2 Å². The Balaban J connectivity index is 2.03. The van der Waals surface area contributed by atoms with E-state index < -0.39 is 27.6 Å². The molecule has 1 aromatic heterocycles. The third-order valence-electron chi connectivity index (χ3n) is 3.87. The van der Waals surface area contributed by atoms with Crippen molar-refractivity contribution in [2.75, 3.05) is 16.3 Å². The number of benzene rings is 2. The van der Waals surface area contributed by atoms with Crippen molar-refractivity contribution in [3.63, 3.8) is 0 Å². The van der Waals surface area contributed by atoms with Gasteiger partial charge in [-0.1, -0.05) is 11.6 Å². The van der Waals surface area contributed by atoms with Crippen LogP contribution in [0.3, 0.4) is 0 Å². The number of rotatable bonds is 7. The molecule has 8 nitrogen and oxygen atoms in total. The average molecular weight is 453 g/mol. The van der Waals surface area contributed by atoms with Gasteiger partial charge in [0.15, 0.2) is 6.10 Å². The van der Waals surface area contributed by atoms with E-state index in [0.29, 0.717) is 22.4 Å². The fourth-order valence-corrected chi connectivity index (χ4v) is 3.53. The minimum absolute atomic E-state index is 0.00569. The van der Waals surface area contributed by atoms with Crippen LogP contribution in [0.2, 0.25) is 5.02 Å². The number of carboxylic acids is 1. The standard InChI is InChI=1S/C19H18ClFN4O4S/c1-10(19(26)27)29-16-6-11(21)4-5-14(16)24-18-17-13(20)7-12(25-30(2,3)28)8-15(17)22-9-23-18/h4-10H,2H2,1,3H3,(H,25,28)(H,26,27)(H,22,23,24). The molecule has 0 bridgehead atoms. The lowest BCUT2D eigenvalue weighted by Gasteiger charge is -2.17. The van der Waals surface area contributed by atoms with Crippen LogP contribution in [0, 0.1) is 5.82 Å². The van der Waals surface area contributed by atoms with E-state index in [1.807, 2.05) is 0 Å². The molecule has 0 spiro atoms. The number of hydrogen-bond donors (Lipinski definition) is 3. The van der Waals surface area contributed by atoms with Gasteiger partial charge in [0, 0.05) is 27.7 Å². The van der Waals surface area contributed by atoms with Crippen LogP contribution in [0.15, 0.2) is 36.7 Å². The topological polar surface area (TPSA) is 113 Å². The number of nitrogens with one attached hydrogen (secondary N) is 2. The molecule has 3 aromatic rings. The van der Waals surface area contributed by atoms with Crippen molar-refractivity contribution >= 4 is 61.2 Å². The van der Waals surface area contributed by atoms with Gasteiger partial charge in [0.1, 0.15) is 23.7 Å². The van der Waals surface area contributed by atoms with Gasteiger partial charge < -0.3 is 19.9 Å². The molecule has 3 rings (SSSR count). The second-order valence-corrected chi connectivity index (χ2v) is 9.17. The first kappa shape index (κ1) is 21.6. The summed E-state index contributed by atoms with van der Waals surface area (Å²) in [6.45, 7) is 1.33. The summed E-state index contributed by atoms with van der Waals surface area (Å²) in [4.78, 5) is 19.5. The van der Waals surface area contributed by atoms with Crippen molar-refractivity contribution in [3.8, 4) is 5.75 Å². The van der Waals surface area contributed by atoms with Gasteiger partial charge in [-0.3, -0.25) is 0 Å². The summed E-state index contributed by atoms with van der Waals surface area (Å²) in [6.07, 6.45) is 1.55. The Morgan fingerprint density at radius 2 is 2.07 bits per heavy atom. The largest absolute Gasteiger partial charge is 0.479 e. The van der Waals surface area contributed by atoms with E-state index in [1.54, 1.807) is 12.1 Å². The van der Waals surface area contributed by atoms with E-state index in [4.69, 9.17) is 21.4 Å². The lowest BCUT2D eigenvalue weighted by molar-refractivity contribution is -0.144. The Morgan fingerprint density at radius 3 is 2.73 bits per heavy atom. The molecule has 3 N–H and O–H groups in total. The zero-order valence-electron chi connectivity index (χ0n) is 16.0. The van der Waals surface area contributed by atoms with Crippen LogP contribution in [-0.2, 0) is 14.5 Å². The highest BCUT2D eigenvalue weighted by atomic mass is 35.5. The first-order valence-electron chi connectivity index (χ1n) is 8.54. The minimum Gasteiger partial charge on any atom is -0.479 e. The molecule has 0 saturated heterocycles. The van der Waals surface area contributed by atoms with Crippen molar-refractivity contribution in [3.05, 3.63) is 47.5 Å². The molecule has 2 atom stereocenters. The first-order chi connectivity index (χ1) is 14.0. The smallest absolute Gasteiger partial charge is 0.344 e. The van der Waals surface area contributed by atoms with E-state index in [1.165, 1.54) is 31.6 Å². The normalized spacial score (nSPS) is 14.0. The molecular weight excluding hydrogens is 435 g/mol. The van der Waals surface area contributed by atoms with Gasteiger partial charge in [0.05, 0.1) is 21.6 Å². The quantitative estimate of drug-likeness (QED) is 0.468. The van der Waals surface area contributed by atoms with Crippen LogP contribution in [0.5, 0.6) is 5.75 Å². The third-order valence-corrected chi connectivity index (χ3v) is 4.84. The SMILES string of the molecule is C=S(C)(=O)Nc1cc(Cl)c2c(Nc3ccc(F)cc3OC(C)C(=O)O)ncnc2c1. The molecule has 30 heavy (non-hydrogen) atoms. The Labute approximate surface area is 177 Å². The highest BCUT2D eigenvalue weighted by molar-refractivity contribution is 8.00. The van der Waals surface area contributed by atoms with E-state index in [2.05, 4.69) is 25.9 Å².